The number of esters is 1. The third kappa shape index (κ3) is 3.86. The smallest absolute Gasteiger partial charge is 0.326 e. The molecule has 0 spiro atoms. The van der Waals surface area contributed by atoms with Crippen LogP contribution >= 0.6 is 11.8 Å². The third-order valence-corrected chi connectivity index (χ3v) is 3.22. The maximum atomic E-state index is 11.3. The standard InChI is InChI=1S/C10H15N3O3S/c1-6-4-7(14)13-9(12-6)17-5-10(2,11)8(15)16-3/h4H,5,11H2,1-3H3,(H,12,13,14). The summed E-state index contributed by atoms with van der Waals surface area (Å²) in [6, 6.07) is 1.39. The second-order valence-corrected chi connectivity index (χ2v) is 4.85. The molecule has 0 aliphatic carbocycles. The zero-order valence-electron chi connectivity index (χ0n) is 9.94. The van der Waals surface area contributed by atoms with E-state index in [-0.39, 0.29) is 11.3 Å². The van der Waals surface area contributed by atoms with Crippen molar-refractivity contribution < 1.29 is 9.53 Å². The molecule has 1 heterocycles. The number of nitrogens with zero attached hydrogens (tertiary/aromatic N) is 1. The van der Waals surface area contributed by atoms with Crippen molar-refractivity contribution in [2.24, 2.45) is 5.73 Å². The van der Waals surface area contributed by atoms with Crippen molar-refractivity contribution in [2.75, 3.05) is 12.9 Å². The van der Waals surface area contributed by atoms with Crippen molar-refractivity contribution in [1.82, 2.24) is 9.97 Å². The molecule has 94 valence electrons. The summed E-state index contributed by atoms with van der Waals surface area (Å²) in [7, 11) is 1.28. The maximum absolute atomic E-state index is 11.3. The third-order valence-electron chi connectivity index (χ3n) is 2.01. The van der Waals surface area contributed by atoms with Crippen LogP contribution in [0.3, 0.4) is 0 Å². The van der Waals surface area contributed by atoms with Gasteiger partial charge in [0.2, 0.25) is 0 Å². The van der Waals surface area contributed by atoms with E-state index in [0.717, 1.165) is 0 Å². The second kappa shape index (κ2) is 5.33. The molecule has 1 aromatic heterocycles. The summed E-state index contributed by atoms with van der Waals surface area (Å²) in [6.07, 6.45) is 0. The number of nitrogens with one attached hydrogen (secondary N) is 1. The maximum Gasteiger partial charge on any atom is 0.326 e. The Morgan fingerprint density at radius 3 is 2.88 bits per heavy atom. The number of thioether (sulfide) groups is 1. The van der Waals surface area contributed by atoms with E-state index < -0.39 is 11.5 Å². The molecule has 0 fully saturated rings. The number of hydrogen-bond donors (Lipinski definition) is 2. The Morgan fingerprint density at radius 1 is 1.71 bits per heavy atom. The fraction of sp³-hybridized carbons (Fsp3) is 0.500. The van der Waals surface area contributed by atoms with Crippen molar-refractivity contribution >= 4 is 17.7 Å². The Bertz CT molecular complexity index is 470. The summed E-state index contributed by atoms with van der Waals surface area (Å²) < 4.78 is 4.58. The Kier molecular flexibility index (Phi) is 4.30. The summed E-state index contributed by atoms with van der Waals surface area (Å²) >= 11 is 1.21. The lowest BCUT2D eigenvalue weighted by Crippen LogP contribution is -2.48. The van der Waals surface area contributed by atoms with E-state index in [2.05, 4.69) is 14.7 Å². The van der Waals surface area contributed by atoms with E-state index in [9.17, 15) is 9.59 Å². The van der Waals surface area contributed by atoms with Crippen LogP contribution in [-0.2, 0) is 9.53 Å². The summed E-state index contributed by atoms with van der Waals surface area (Å²) in [6.45, 7) is 3.29. The molecule has 0 aliphatic heterocycles. The number of carbonyl (C=O) groups excluding carboxylic acids is 1. The van der Waals surface area contributed by atoms with E-state index >= 15 is 0 Å². The molecular formula is C10H15N3O3S. The number of hydrogen-bond acceptors (Lipinski definition) is 6. The van der Waals surface area contributed by atoms with Gasteiger partial charge in [-0.1, -0.05) is 11.8 Å². The number of carbonyl (C=O) groups is 1. The zero-order valence-corrected chi connectivity index (χ0v) is 10.8. The highest BCUT2D eigenvalue weighted by atomic mass is 32.2. The second-order valence-electron chi connectivity index (χ2n) is 3.89. The van der Waals surface area contributed by atoms with Gasteiger partial charge in [-0.15, -0.1) is 0 Å². The number of aromatic nitrogens is 2. The first kappa shape index (κ1) is 13.7. The topological polar surface area (TPSA) is 98.1 Å². The minimum Gasteiger partial charge on any atom is -0.468 e. The summed E-state index contributed by atoms with van der Waals surface area (Å²) in [5, 5.41) is 0.440. The average Bonchev–Trinajstić information content (AvgIpc) is 2.24. The number of rotatable bonds is 4. The Balaban J connectivity index is 2.73. The number of aromatic amines is 1. The molecule has 6 nitrogen and oxygen atoms in total. The molecule has 0 aromatic carbocycles. The molecule has 0 saturated carbocycles. The van der Waals surface area contributed by atoms with Crippen LogP contribution in [0.2, 0.25) is 0 Å². The van der Waals surface area contributed by atoms with Gasteiger partial charge in [0.25, 0.3) is 5.56 Å². The van der Waals surface area contributed by atoms with Crippen molar-refractivity contribution in [3.05, 3.63) is 22.1 Å². The first-order chi connectivity index (χ1) is 7.85. The quantitative estimate of drug-likeness (QED) is 0.449. The molecule has 3 N–H and O–H groups in total. The number of methoxy groups -OCH3 is 1. The van der Waals surface area contributed by atoms with E-state index in [1.54, 1.807) is 13.8 Å². The summed E-state index contributed by atoms with van der Waals surface area (Å²) in [5.41, 5.74) is 5.06. The fourth-order valence-corrected chi connectivity index (χ4v) is 2.07. The van der Waals surface area contributed by atoms with Crippen LogP contribution in [0.15, 0.2) is 16.0 Å². The van der Waals surface area contributed by atoms with E-state index in [0.29, 0.717) is 10.9 Å². The van der Waals surface area contributed by atoms with E-state index in [4.69, 9.17) is 5.73 Å². The minimum atomic E-state index is -1.11. The predicted octanol–water partition coefficient (Wildman–Crippen LogP) is 0.0608. The van der Waals surface area contributed by atoms with Crippen molar-refractivity contribution in [1.29, 1.82) is 0 Å². The molecule has 0 aliphatic rings. The lowest BCUT2D eigenvalue weighted by Gasteiger charge is -2.20. The molecule has 0 amide bonds. The molecular weight excluding hydrogens is 242 g/mol. The number of H-pyrrole nitrogens is 1. The lowest BCUT2D eigenvalue weighted by atomic mass is 10.1. The number of ether oxygens (including phenoxy) is 1. The fourth-order valence-electron chi connectivity index (χ4n) is 1.13. The van der Waals surface area contributed by atoms with Gasteiger partial charge in [-0.25, -0.2) is 4.98 Å². The van der Waals surface area contributed by atoms with Gasteiger partial charge < -0.3 is 15.5 Å². The largest absolute Gasteiger partial charge is 0.468 e. The molecule has 0 bridgehead atoms. The van der Waals surface area contributed by atoms with Crippen LogP contribution in [0.5, 0.6) is 0 Å². The predicted molar refractivity (Wildman–Crippen MR) is 64.9 cm³/mol. The van der Waals surface area contributed by atoms with Gasteiger partial charge >= 0.3 is 5.97 Å². The number of aryl methyl sites for hydroxylation is 1. The number of nitrogens with two attached hydrogens (primary N) is 1. The molecule has 0 saturated heterocycles. The normalized spacial score (nSPS) is 14.1. The van der Waals surface area contributed by atoms with Crippen LogP contribution in [0.1, 0.15) is 12.6 Å². The van der Waals surface area contributed by atoms with Gasteiger partial charge in [-0.05, 0) is 13.8 Å². The summed E-state index contributed by atoms with van der Waals surface area (Å²) in [5.74, 6) is -0.230. The van der Waals surface area contributed by atoms with Gasteiger partial charge in [0.15, 0.2) is 5.16 Å². The van der Waals surface area contributed by atoms with Crippen LogP contribution in [0.25, 0.3) is 0 Å². The van der Waals surface area contributed by atoms with Crippen LogP contribution in [0.4, 0.5) is 0 Å². The first-order valence-corrected chi connectivity index (χ1v) is 5.92. The van der Waals surface area contributed by atoms with Gasteiger partial charge in [0.1, 0.15) is 5.54 Å². The molecule has 7 heteroatoms. The minimum absolute atomic E-state index is 0.225. The molecule has 1 unspecified atom stereocenters. The van der Waals surface area contributed by atoms with Crippen molar-refractivity contribution in [2.45, 2.75) is 24.5 Å². The lowest BCUT2D eigenvalue weighted by molar-refractivity contribution is -0.145. The monoisotopic (exact) mass is 257 g/mol. The average molecular weight is 257 g/mol. The van der Waals surface area contributed by atoms with Gasteiger partial charge in [0.05, 0.1) is 7.11 Å². The van der Waals surface area contributed by atoms with Gasteiger partial charge in [0, 0.05) is 17.5 Å². The van der Waals surface area contributed by atoms with Crippen LogP contribution in [0, 0.1) is 6.92 Å². The van der Waals surface area contributed by atoms with Gasteiger partial charge in [-0.3, -0.25) is 9.59 Å². The Hall–Kier alpha value is -1.34. The highest BCUT2D eigenvalue weighted by molar-refractivity contribution is 7.99. The van der Waals surface area contributed by atoms with E-state index in [1.807, 2.05) is 0 Å². The summed E-state index contributed by atoms with van der Waals surface area (Å²) in [4.78, 5) is 29.2. The van der Waals surface area contributed by atoms with Crippen LogP contribution in [-0.4, -0.2) is 34.3 Å². The SMILES string of the molecule is COC(=O)C(C)(N)CSc1nc(C)cc(=O)[nH]1. The van der Waals surface area contributed by atoms with Crippen molar-refractivity contribution in [3.8, 4) is 0 Å². The molecule has 1 atom stereocenters. The molecule has 1 rings (SSSR count). The molecule has 0 radical (unpaired) electrons. The van der Waals surface area contributed by atoms with Crippen LogP contribution < -0.4 is 11.3 Å². The highest BCUT2D eigenvalue weighted by Gasteiger charge is 2.29. The molecule has 1 aromatic rings. The highest BCUT2D eigenvalue weighted by Crippen LogP contribution is 2.17. The Labute approximate surface area is 103 Å². The first-order valence-electron chi connectivity index (χ1n) is 4.93. The zero-order chi connectivity index (χ0) is 13.1. The van der Waals surface area contributed by atoms with Gasteiger partial charge in [-0.2, -0.15) is 0 Å². The van der Waals surface area contributed by atoms with Crippen molar-refractivity contribution in [3.63, 3.8) is 0 Å². The molecule has 17 heavy (non-hydrogen) atoms. The van der Waals surface area contributed by atoms with E-state index in [1.165, 1.54) is 24.9 Å². The Morgan fingerprint density at radius 2 is 2.35 bits per heavy atom.